The summed E-state index contributed by atoms with van der Waals surface area (Å²) < 4.78 is 10.9. The summed E-state index contributed by atoms with van der Waals surface area (Å²) in [5.74, 6) is 2.60. The normalized spacial score (nSPS) is 14.5. The Balaban J connectivity index is 1.57. The Morgan fingerprint density at radius 1 is 1.16 bits per heavy atom. The number of benzene rings is 2. The Kier molecular flexibility index (Phi) is 5.50. The summed E-state index contributed by atoms with van der Waals surface area (Å²) in [6, 6.07) is 19.6. The first kappa shape index (κ1) is 19.9. The first-order chi connectivity index (χ1) is 15.1. The number of para-hydroxylation sites is 1. The molecule has 0 unspecified atom stereocenters. The molecule has 0 bridgehead atoms. The van der Waals surface area contributed by atoms with Crippen LogP contribution in [0.5, 0.6) is 0 Å². The van der Waals surface area contributed by atoms with Gasteiger partial charge in [-0.05, 0) is 49.4 Å². The molecular formula is C25H18N2O4. The molecule has 1 amide bonds. The van der Waals surface area contributed by atoms with E-state index in [1.54, 1.807) is 43.3 Å². The molecule has 1 aliphatic heterocycles. The minimum atomic E-state index is -0.502. The van der Waals surface area contributed by atoms with Crippen LogP contribution >= 0.6 is 0 Å². The van der Waals surface area contributed by atoms with Crippen molar-refractivity contribution in [2.24, 2.45) is 5.10 Å². The maximum atomic E-state index is 12.8. The summed E-state index contributed by atoms with van der Waals surface area (Å²) in [5, 5.41) is 5.73. The Morgan fingerprint density at radius 3 is 2.74 bits per heavy atom. The van der Waals surface area contributed by atoms with Crippen molar-refractivity contribution in [2.75, 3.05) is 11.6 Å². The Morgan fingerprint density at radius 2 is 1.97 bits per heavy atom. The number of carbonyl (C=O) groups is 2. The molecule has 3 aromatic rings. The number of terminal acetylenes is 1. The number of nitrogens with zero attached hydrogens (tertiary/aromatic N) is 2. The van der Waals surface area contributed by atoms with Crippen molar-refractivity contribution in [1.29, 1.82) is 0 Å². The predicted molar refractivity (Wildman–Crippen MR) is 118 cm³/mol. The monoisotopic (exact) mass is 410 g/mol. The molecule has 1 aromatic heterocycles. The number of carbonyl (C=O) groups excluding carboxylic acids is 2. The molecular weight excluding hydrogens is 392 g/mol. The van der Waals surface area contributed by atoms with Crippen LogP contribution < -0.4 is 5.01 Å². The number of esters is 1. The number of hydrogen-bond acceptors (Lipinski definition) is 5. The zero-order chi connectivity index (χ0) is 21.8. The molecule has 4 rings (SSSR count). The zero-order valence-corrected chi connectivity index (χ0v) is 16.7. The van der Waals surface area contributed by atoms with Gasteiger partial charge in [0, 0.05) is 5.56 Å². The Hall–Kier alpha value is -4.37. The van der Waals surface area contributed by atoms with E-state index < -0.39 is 5.97 Å². The van der Waals surface area contributed by atoms with E-state index in [1.165, 1.54) is 5.01 Å². The second kappa shape index (κ2) is 8.56. The summed E-state index contributed by atoms with van der Waals surface area (Å²) in [6.07, 6.45) is 6.79. The summed E-state index contributed by atoms with van der Waals surface area (Å²) in [6.45, 7) is 1.69. The molecule has 0 saturated carbocycles. The molecule has 0 fully saturated rings. The second-order valence-corrected chi connectivity index (χ2v) is 6.76. The smallest absolute Gasteiger partial charge is 0.339 e. The first-order valence-electron chi connectivity index (χ1n) is 9.54. The number of furan rings is 1. The van der Waals surface area contributed by atoms with Crippen LogP contribution in [-0.2, 0) is 9.53 Å². The molecule has 0 saturated heterocycles. The second-order valence-electron chi connectivity index (χ2n) is 6.76. The highest BCUT2D eigenvalue weighted by atomic mass is 16.5. The molecule has 31 heavy (non-hydrogen) atoms. The van der Waals surface area contributed by atoms with Gasteiger partial charge < -0.3 is 9.15 Å². The Labute approximate surface area is 179 Å². The van der Waals surface area contributed by atoms with E-state index in [1.807, 2.05) is 36.4 Å². The average molecular weight is 410 g/mol. The largest absolute Gasteiger partial charge is 0.457 e. The zero-order valence-electron chi connectivity index (χ0n) is 16.7. The molecule has 0 aliphatic carbocycles. The third kappa shape index (κ3) is 4.16. The van der Waals surface area contributed by atoms with Crippen LogP contribution in [0.2, 0.25) is 0 Å². The SMILES string of the molecule is C#CCOC(=O)c1cccc(-c2ccc(/C=C3\C(=O)N(c4ccccc4)N=C3C)o2)c1. The van der Waals surface area contributed by atoms with E-state index in [0.717, 1.165) is 0 Å². The van der Waals surface area contributed by atoms with Crippen molar-refractivity contribution >= 4 is 29.4 Å². The third-order valence-corrected chi connectivity index (χ3v) is 4.65. The predicted octanol–water partition coefficient (Wildman–Crippen LogP) is 4.54. The van der Waals surface area contributed by atoms with Crippen LogP contribution in [-0.4, -0.2) is 24.2 Å². The van der Waals surface area contributed by atoms with Crippen LogP contribution in [0.15, 0.2) is 81.8 Å². The lowest BCUT2D eigenvalue weighted by molar-refractivity contribution is -0.114. The van der Waals surface area contributed by atoms with Gasteiger partial charge in [-0.3, -0.25) is 4.79 Å². The lowest BCUT2D eigenvalue weighted by atomic mass is 10.1. The number of rotatable bonds is 5. The fourth-order valence-corrected chi connectivity index (χ4v) is 3.15. The number of ether oxygens (including phenoxy) is 1. The molecule has 152 valence electrons. The lowest BCUT2D eigenvalue weighted by Crippen LogP contribution is -2.21. The topological polar surface area (TPSA) is 72.1 Å². The van der Waals surface area contributed by atoms with Gasteiger partial charge in [0.2, 0.25) is 0 Å². The quantitative estimate of drug-likeness (QED) is 0.352. The van der Waals surface area contributed by atoms with Crippen molar-refractivity contribution < 1.29 is 18.7 Å². The van der Waals surface area contributed by atoms with E-state index in [0.29, 0.717) is 39.6 Å². The van der Waals surface area contributed by atoms with E-state index >= 15 is 0 Å². The van der Waals surface area contributed by atoms with Crippen LogP contribution in [0.3, 0.4) is 0 Å². The average Bonchev–Trinajstić information content (AvgIpc) is 3.38. The van der Waals surface area contributed by atoms with Gasteiger partial charge >= 0.3 is 5.97 Å². The molecule has 2 heterocycles. The van der Waals surface area contributed by atoms with Crippen LogP contribution in [0.4, 0.5) is 5.69 Å². The highest BCUT2D eigenvalue weighted by molar-refractivity contribution is 6.32. The van der Waals surface area contributed by atoms with Crippen LogP contribution in [0.25, 0.3) is 17.4 Å². The fraction of sp³-hybridized carbons (Fsp3) is 0.0800. The van der Waals surface area contributed by atoms with Crippen molar-refractivity contribution in [3.63, 3.8) is 0 Å². The van der Waals surface area contributed by atoms with E-state index in [4.69, 9.17) is 15.6 Å². The molecule has 0 N–H and O–H groups in total. The van der Waals surface area contributed by atoms with Gasteiger partial charge in [-0.25, -0.2) is 4.79 Å². The maximum Gasteiger partial charge on any atom is 0.339 e. The summed E-state index contributed by atoms with van der Waals surface area (Å²) in [7, 11) is 0. The van der Waals surface area contributed by atoms with Crippen molar-refractivity contribution in [3.8, 4) is 23.7 Å². The maximum absolute atomic E-state index is 12.8. The van der Waals surface area contributed by atoms with Gasteiger partial charge in [-0.15, -0.1) is 6.42 Å². The van der Waals surface area contributed by atoms with E-state index in [2.05, 4.69) is 11.0 Å². The van der Waals surface area contributed by atoms with Gasteiger partial charge in [0.1, 0.15) is 11.5 Å². The molecule has 1 aliphatic rings. The molecule has 0 atom stereocenters. The molecule has 0 spiro atoms. The fourth-order valence-electron chi connectivity index (χ4n) is 3.15. The third-order valence-electron chi connectivity index (χ3n) is 4.65. The molecule has 2 aromatic carbocycles. The number of hydrazone groups is 1. The van der Waals surface area contributed by atoms with Crippen molar-refractivity contribution in [1.82, 2.24) is 0 Å². The standard InChI is InChI=1S/C25H18N2O4/c1-3-14-30-25(29)19-9-7-8-18(15-19)23-13-12-21(31-23)16-22-17(2)26-27(24(22)28)20-10-5-4-6-11-20/h1,4-13,15-16H,14H2,2H3/b22-16-. The molecule has 6 heteroatoms. The van der Waals surface area contributed by atoms with Gasteiger partial charge in [0.25, 0.3) is 5.91 Å². The minimum absolute atomic E-state index is 0.0868. The van der Waals surface area contributed by atoms with Crippen LogP contribution in [0.1, 0.15) is 23.0 Å². The summed E-state index contributed by atoms with van der Waals surface area (Å²) in [4.78, 5) is 24.9. The Bertz CT molecular complexity index is 1250. The summed E-state index contributed by atoms with van der Waals surface area (Å²) in [5.41, 5.74) is 2.83. The first-order valence-corrected chi connectivity index (χ1v) is 9.54. The number of hydrogen-bond donors (Lipinski definition) is 0. The number of anilines is 1. The highest BCUT2D eigenvalue weighted by Crippen LogP contribution is 2.28. The lowest BCUT2D eigenvalue weighted by Gasteiger charge is -2.10. The van der Waals surface area contributed by atoms with E-state index in [-0.39, 0.29) is 12.5 Å². The molecule has 0 radical (unpaired) electrons. The summed E-state index contributed by atoms with van der Waals surface area (Å²) >= 11 is 0. The van der Waals surface area contributed by atoms with Gasteiger partial charge in [0.15, 0.2) is 6.61 Å². The van der Waals surface area contributed by atoms with Gasteiger partial charge in [-0.2, -0.15) is 10.1 Å². The van der Waals surface area contributed by atoms with Crippen molar-refractivity contribution in [3.05, 3.63) is 83.6 Å². The molecule has 6 nitrogen and oxygen atoms in total. The van der Waals surface area contributed by atoms with Gasteiger partial charge in [0.05, 0.1) is 22.5 Å². The van der Waals surface area contributed by atoms with Gasteiger partial charge in [-0.1, -0.05) is 36.3 Å². The van der Waals surface area contributed by atoms with E-state index in [9.17, 15) is 9.59 Å². The number of amides is 1. The minimum Gasteiger partial charge on any atom is -0.457 e. The highest BCUT2D eigenvalue weighted by Gasteiger charge is 2.28. The van der Waals surface area contributed by atoms with Crippen LogP contribution in [0, 0.1) is 12.3 Å². The van der Waals surface area contributed by atoms with Crippen molar-refractivity contribution in [2.45, 2.75) is 6.92 Å².